The van der Waals surface area contributed by atoms with Crippen molar-refractivity contribution in [1.82, 2.24) is 15.5 Å². The van der Waals surface area contributed by atoms with Gasteiger partial charge in [0.25, 0.3) is 5.91 Å². The van der Waals surface area contributed by atoms with Crippen molar-refractivity contribution in [3.63, 3.8) is 0 Å². The highest BCUT2D eigenvalue weighted by Gasteiger charge is 2.28. The van der Waals surface area contributed by atoms with E-state index in [4.69, 9.17) is 22.1 Å². The normalized spacial score (nSPS) is 16.1. The molecule has 1 aliphatic rings. The average Bonchev–Trinajstić information content (AvgIpc) is 2.98. The number of aromatic carboxylic acids is 1. The van der Waals surface area contributed by atoms with Crippen molar-refractivity contribution >= 4 is 41.3 Å². The molecule has 1 atom stereocenters. The van der Waals surface area contributed by atoms with Gasteiger partial charge in [0, 0.05) is 41.5 Å². The molecule has 1 saturated heterocycles. The predicted molar refractivity (Wildman–Crippen MR) is 130 cm³/mol. The van der Waals surface area contributed by atoms with Gasteiger partial charge in [-0.15, -0.1) is 0 Å². The average molecular weight is 487 g/mol. The van der Waals surface area contributed by atoms with Crippen LogP contribution in [-0.4, -0.2) is 54.7 Å². The number of hydrogen-bond acceptors (Lipinski definition) is 6. The van der Waals surface area contributed by atoms with Gasteiger partial charge in [-0.05, 0) is 48.4 Å². The van der Waals surface area contributed by atoms with Gasteiger partial charge in [-0.2, -0.15) is 0 Å². The van der Waals surface area contributed by atoms with E-state index in [1.54, 1.807) is 30.3 Å². The molecule has 3 amide bonds. The van der Waals surface area contributed by atoms with Crippen LogP contribution in [0.25, 0.3) is 6.08 Å². The number of nitrogens with two attached hydrogens (primary N) is 1. The summed E-state index contributed by atoms with van der Waals surface area (Å²) in [5.41, 5.74) is 7.62. The van der Waals surface area contributed by atoms with E-state index >= 15 is 0 Å². The van der Waals surface area contributed by atoms with Crippen molar-refractivity contribution in [2.75, 3.05) is 32.5 Å². The fourth-order valence-electron chi connectivity index (χ4n) is 3.72. The first-order chi connectivity index (χ1) is 16.2. The van der Waals surface area contributed by atoms with Crippen LogP contribution in [0.3, 0.4) is 0 Å². The Labute approximate surface area is 202 Å². The Morgan fingerprint density at radius 1 is 1.32 bits per heavy atom. The number of nitrogens with zero attached hydrogens (tertiary/aromatic N) is 1. The monoisotopic (exact) mass is 486 g/mol. The van der Waals surface area contributed by atoms with Crippen LogP contribution in [0.15, 0.2) is 42.0 Å². The summed E-state index contributed by atoms with van der Waals surface area (Å²) in [6.07, 6.45) is 2.18. The van der Waals surface area contributed by atoms with Gasteiger partial charge in [0.1, 0.15) is 5.75 Å². The number of imide groups is 1. The lowest BCUT2D eigenvalue weighted by atomic mass is 10.0. The van der Waals surface area contributed by atoms with Crippen LogP contribution in [0.5, 0.6) is 5.75 Å². The largest absolute Gasteiger partial charge is 0.496 e. The van der Waals surface area contributed by atoms with E-state index < -0.39 is 23.9 Å². The third kappa shape index (κ3) is 5.67. The summed E-state index contributed by atoms with van der Waals surface area (Å²) in [4.78, 5) is 38.7. The molecule has 2 aromatic carbocycles. The van der Waals surface area contributed by atoms with Gasteiger partial charge < -0.3 is 26.2 Å². The molecule has 0 aliphatic carbocycles. The molecule has 0 unspecified atom stereocenters. The highest BCUT2D eigenvalue weighted by molar-refractivity contribution is 6.30. The molecule has 9 nitrogen and oxygen atoms in total. The number of carboxylic acids is 1. The standard InChI is InChI=1S/C24H27ClN4O5/c1-3-20(14-4-6-18(23(31)32)19(26)12-14)28-24(33)29-9-8-27-13-16(22(29)30)10-15-11-17(25)5-7-21(15)34-2/h4-7,10-12,20,27H,3,8-9,13,26H2,1-2H3,(H,28,33)(H,31,32)/b16-10+/t20-/m1/s1. The molecule has 1 fully saturated rings. The fourth-order valence-corrected chi connectivity index (χ4v) is 3.90. The van der Waals surface area contributed by atoms with Gasteiger partial charge in [0.05, 0.1) is 18.7 Å². The molecule has 180 valence electrons. The van der Waals surface area contributed by atoms with Gasteiger partial charge in [-0.3, -0.25) is 9.69 Å². The summed E-state index contributed by atoms with van der Waals surface area (Å²) >= 11 is 6.11. The molecule has 0 bridgehead atoms. The van der Waals surface area contributed by atoms with E-state index in [9.17, 15) is 19.5 Å². The Bertz CT molecular complexity index is 1130. The maximum Gasteiger partial charge on any atom is 0.337 e. The van der Waals surface area contributed by atoms with E-state index in [-0.39, 0.29) is 24.3 Å². The van der Waals surface area contributed by atoms with Crippen molar-refractivity contribution in [3.05, 3.63) is 63.7 Å². The molecule has 0 saturated carbocycles. The number of nitrogen functional groups attached to an aromatic ring is 1. The van der Waals surface area contributed by atoms with Crippen molar-refractivity contribution in [3.8, 4) is 5.75 Å². The molecule has 0 aromatic heterocycles. The first kappa shape index (κ1) is 25.1. The van der Waals surface area contributed by atoms with Gasteiger partial charge in [0.2, 0.25) is 0 Å². The molecular weight excluding hydrogens is 460 g/mol. The number of carboxylic acid groups (broad SMARTS) is 1. The second-order valence-electron chi connectivity index (χ2n) is 7.75. The summed E-state index contributed by atoms with van der Waals surface area (Å²) in [5.74, 6) is -1.00. The summed E-state index contributed by atoms with van der Waals surface area (Å²) in [6, 6.07) is 8.62. The van der Waals surface area contributed by atoms with Gasteiger partial charge in [0.15, 0.2) is 0 Å². The van der Waals surface area contributed by atoms with E-state index in [1.807, 2.05) is 6.92 Å². The molecule has 5 N–H and O–H groups in total. The smallest absolute Gasteiger partial charge is 0.337 e. The van der Waals surface area contributed by atoms with Gasteiger partial charge in [-0.25, -0.2) is 9.59 Å². The molecule has 34 heavy (non-hydrogen) atoms. The summed E-state index contributed by atoms with van der Waals surface area (Å²) < 4.78 is 5.36. The SMILES string of the molecule is CC[C@@H](NC(=O)N1CCNC/C(=C\c2cc(Cl)ccc2OC)C1=O)c1ccc(C(=O)O)c(N)c1. The van der Waals surface area contributed by atoms with Crippen LogP contribution in [-0.2, 0) is 4.79 Å². The number of halogens is 1. The quantitative estimate of drug-likeness (QED) is 0.363. The molecule has 1 heterocycles. The number of nitrogens with one attached hydrogen (secondary N) is 2. The number of anilines is 1. The topological polar surface area (TPSA) is 134 Å². The minimum absolute atomic E-state index is 0.00933. The number of methoxy groups -OCH3 is 1. The van der Waals surface area contributed by atoms with E-state index in [1.165, 1.54) is 19.2 Å². The molecule has 0 spiro atoms. The highest BCUT2D eigenvalue weighted by atomic mass is 35.5. The highest BCUT2D eigenvalue weighted by Crippen LogP contribution is 2.26. The van der Waals surface area contributed by atoms with Crippen LogP contribution in [0.4, 0.5) is 10.5 Å². The summed E-state index contributed by atoms with van der Waals surface area (Å²) in [5, 5.41) is 15.7. The Hall–Kier alpha value is -3.56. The minimum Gasteiger partial charge on any atom is -0.496 e. The van der Waals surface area contributed by atoms with Crippen LogP contribution in [0.1, 0.15) is 40.9 Å². The van der Waals surface area contributed by atoms with Crippen LogP contribution < -0.4 is 21.1 Å². The lowest BCUT2D eigenvalue weighted by molar-refractivity contribution is -0.123. The zero-order chi connectivity index (χ0) is 24.8. The minimum atomic E-state index is -1.13. The number of amides is 3. The maximum atomic E-state index is 13.3. The zero-order valence-electron chi connectivity index (χ0n) is 18.9. The number of rotatable bonds is 6. The van der Waals surface area contributed by atoms with E-state index in [2.05, 4.69) is 10.6 Å². The number of hydrogen-bond donors (Lipinski definition) is 4. The Balaban J connectivity index is 1.83. The Morgan fingerprint density at radius 2 is 2.09 bits per heavy atom. The second-order valence-corrected chi connectivity index (χ2v) is 8.19. The summed E-state index contributed by atoms with van der Waals surface area (Å²) in [7, 11) is 1.53. The zero-order valence-corrected chi connectivity index (χ0v) is 19.7. The van der Waals surface area contributed by atoms with E-state index in [0.717, 1.165) is 4.90 Å². The lowest BCUT2D eigenvalue weighted by Gasteiger charge is -2.24. The number of ether oxygens (including phenoxy) is 1. The lowest BCUT2D eigenvalue weighted by Crippen LogP contribution is -2.46. The molecule has 10 heteroatoms. The van der Waals surface area contributed by atoms with Crippen molar-refractivity contribution < 1.29 is 24.2 Å². The van der Waals surface area contributed by atoms with Crippen LogP contribution in [0.2, 0.25) is 5.02 Å². The number of benzene rings is 2. The van der Waals surface area contributed by atoms with Crippen molar-refractivity contribution in [1.29, 1.82) is 0 Å². The second kappa shape index (κ2) is 11.0. The van der Waals surface area contributed by atoms with Gasteiger partial charge in [-0.1, -0.05) is 24.6 Å². The summed E-state index contributed by atoms with van der Waals surface area (Å²) in [6.45, 7) is 2.77. The van der Waals surface area contributed by atoms with Crippen molar-refractivity contribution in [2.24, 2.45) is 0 Å². The first-order valence-electron chi connectivity index (χ1n) is 10.7. The van der Waals surface area contributed by atoms with Crippen LogP contribution in [0, 0.1) is 0 Å². The maximum absolute atomic E-state index is 13.3. The third-order valence-electron chi connectivity index (χ3n) is 5.53. The van der Waals surface area contributed by atoms with Crippen LogP contribution >= 0.6 is 11.6 Å². The molecule has 3 rings (SSSR count). The molecular formula is C24H27ClN4O5. The number of carbonyl (C=O) groups excluding carboxylic acids is 2. The molecule has 0 radical (unpaired) electrons. The van der Waals surface area contributed by atoms with Gasteiger partial charge >= 0.3 is 12.0 Å². The Morgan fingerprint density at radius 3 is 2.74 bits per heavy atom. The first-order valence-corrected chi connectivity index (χ1v) is 11.1. The van der Waals surface area contributed by atoms with Crippen molar-refractivity contribution in [2.45, 2.75) is 19.4 Å². The Kier molecular flexibility index (Phi) is 8.14. The van der Waals surface area contributed by atoms with E-state index in [0.29, 0.717) is 40.4 Å². The fraction of sp³-hybridized carbons (Fsp3) is 0.292. The predicted octanol–water partition coefficient (Wildman–Crippen LogP) is 3.31. The molecule has 2 aromatic rings. The molecule has 1 aliphatic heterocycles. The third-order valence-corrected chi connectivity index (χ3v) is 5.76. The number of carbonyl (C=O) groups is 3. The number of urea groups is 1.